The van der Waals surface area contributed by atoms with Crippen molar-refractivity contribution in [2.24, 2.45) is 5.92 Å². The van der Waals surface area contributed by atoms with Crippen molar-refractivity contribution in [1.82, 2.24) is 20.9 Å². The summed E-state index contributed by atoms with van der Waals surface area (Å²) in [6, 6.07) is 8.51. The van der Waals surface area contributed by atoms with Gasteiger partial charge in [0.25, 0.3) is 0 Å². The molecule has 0 bridgehead atoms. The van der Waals surface area contributed by atoms with E-state index in [1.165, 1.54) is 0 Å². The minimum absolute atomic E-state index is 0.163. The number of halogens is 8. The summed E-state index contributed by atoms with van der Waals surface area (Å²) in [5, 5.41) is 23.8. The number of carboxylic acid groups (broad SMARTS) is 2. The maximum atomic E-state index is 12.6. The number of carbonyl (C=O) groups is 4. The van der Waals surface area contributed by atoms with Crippen LogP contribution >= 0.6 is 27.5 Å². The molecule has 0 aliphatic carbocycles. The molecule has 0 saturated carbocycles. The molecule has 7 N–H and O–H groups in total. The molecule has 1 aromatic carbocycles. The number of hydrogen-bond donors (Lipinski definition) is 6. The van der Waals surface area contributed by atoms with Crippen LogP contribution in [0.3, 0.4) is 0 Å². The molecule has 1 fully saturated rings. The van der Waals surface area contributed by atoms with Crippen molar-refractivity contribution >= 4 is 57.1 Å². The van der Waals surface area contributed by atoms with Gasteiger partial charge in [-0.2, -0.15) is 26.3 Å². The zero-order chi connectivity index (χ0) is 34.7. The maximum Gasteiger partial charge on any atom is 0.490 e. The molecule has 0 spiro atoms. The molecule has 0 unspecified atom stereocenters. The van der Waals surface area contributed by atoms with Crippen molar-refractivity contribution in [3.8, 4) is 0 Å². The van der Waals surface area contributed by atoms with Gasteiger partial charge in [-0.3, -0.25) is 9.59 Å². The molecule has 19 heteroatoms. The number of nitrogens with two attached hydrogens (primary N) is 1. The highest BCUT2D eigenvalue weighted by molar-refractivity contribution is 9.10. The fraction of sp³-hybridized carbons (Fsp3) is 0.423. The number of rotatable bonds is 7. The predicted molar refractivity (Wildman–Crippen MR) is 153 cm³/mol. The second kappa shape index (κ2) is 17.2. The Balaban J connectivity index is 0.000000601. The molecule has 1 aliphatic heterocycles. The Morgan fingerprint density at radius 1 is 1.09 bits per heavy atom. The standard InChI is InChI=1S/C22H27BrClN5O2.2C2HF3O2/c1-12-16(4-6-20(25)28-12)11-27-21(30)13(2)29-22(31)19-9-15(10-26-19)7-14-3-5-17(23)18(24)8-14;2*3-2(4,5)1(6)7/h3-6,8,13,15,19,26H,7,9-11H2,1-2H3,(H2,25,28)(H,27,30)(H,29,31);2*(H,6,7)/t13-,15-,19+;;/m0../s1. The van der Waals surface area contributed by atoms with Crippen LogP contribution in [0.2, 0.25) is 5.02 Å². The number of carbonyl (C=O) groups excluding carboxylic acids is 2. The number of nitrogens with zero attached hydrogens (tertiary/aromatic N) is 1. The molecular formula is C26H29BrClF6N5O6. The maximum absolute atomic E-state index is 12.6. The molecule has 2 aromatic rings. The molecule has 1 aromatic heterocycles. The Morgan fingerprint density at radius 2 is 1.64 bits per heavy atom. The van der Waals surface area contributed by atoms with Crippen molar-refractivity contribution in [2.45, 2.75) is 57.7 Å². The number of pyridine rings is 1. The van der Waals surface area contributed by atoms with Crippen molar-refractivity contribution in [2.75, 3.05) is 12.3 Å². The molecule has 2 amide bonds. The van der Waals surface area contributed by atoms with Crippen LogP contribution in [-0.4, -0.2) is 69.9 Å². The number of benzene rings is 1. The van der Waals surface area contributed by atoms with E-state index in [4.69, 9.17) is 37.1 Å². The topological polar surface area (TPSA) is 184 Å². The number of nitrogens with one attached hydrogen (secondary N) is 3. The van der Waals surface area contributed by atoms with Crippen LogP contribution in [0.5, 0.6) is 0 Å². The molecule has 2 heterocycles. The first-order valence-electron chi connectivity index (χ1n) is 12.7. The summed E-state index contributed by atoms with van der Waals surface area (Å²) >= 11 is 9.57. The Hall–Kier alpha value is -3.64. The number of nitrogen functional groups attached to an aromatic ring is 1. The summed E-state index contributed by atoms with van der Waals surface area (Å²) in [7, 11) is 0. The molecule has 1 saturated heterocycles. The van der Waals surface area contributed by atoms with Crippen LogP contribution in [-0.2, 0) is 32.1 Å². The van der Waals surface area contributed by atoms with Gasteiger partial charge in [0.1, 0.15) is 11.9 Å². The summed E-state index contributed by atoms with van der Waals surface area (Å²) in [6.45, 7) is 4.60. The number of anilines is 1. The number of aliphatic carboxylic acids is 2. The quantitative estimate of drug-likeness (QED) is 0.229. The third kappa shape index (κ3) is 14.3. The Kier molecular flexibility index (Phi) is 15.0. The van der Waals surface area contributed by atoms with Gasteiger partial charge in [-0.15, -0.1) is 0 Å². The smallest absolute Gasteiger partial charge is 0.475 e. The van der Waals surface area contributed by atoms with Crippen LogP contribution in [0.1, 0.15) is 30.2 Å². The molecule has 11 nitrogen and oxygen atoms in total. The Labute approximate surface area is 266 Å². The number of aryl methyl sites for hydroxylation is 1. The second-order valence-corrected chi connectivity index (χ2v) is 10.8. The summed E-state index contributed by atoms with van der Waals surface area (Å²) in [4.78, 5) is 47.0. The average molecular weight is 737 g/mol. The lowest BCUT2D eigenvalue weighted by Crippen LogP contribution is -2.50. The fourth-order valence-corrected chi connectivity index (χ4v) is 4.12. The first-order chi connectivity index (χ1) is 20.6. The average Bonchev–Trinajstić information content (AvgIpc) is 3.38. The van der Waals surface area contributed by atoms with E-state index < -0.39 is 30.3 Å². The Morgan fingerprint density at radius 3 is 2.13 bits per heavy atom. The molecule has 3 rings (SSSR count). The Bertz CT molecular complexity index is 1340. The van der Waals surface area contributed by atoms with E-state index >= 15 is 0 Å². The van der Waals surface area contributed by atoms with Crippen molar-refractivity contribution < 1.29 is 55.7 Å². The van der Waals surface area contributed by atoms with Crippen LogP contribution in [0.25, 0.3) is 0 Å². The van der Waals surface area contributed by atoms with Gasteiger partial charge in [-0.05, 0) is 84.4 Å². The van der Waals surface area contributed by atoms with E-state index in [1.54, 1.807) is 13.0 Å². The van der Waals surface area contributed by atoms with Gasteiger partial charge in [0.2, 0.25) is 11.8 Å². The molecule has 0 radical (unpaired) electrons. The summed E-state index contributed by atoms with van der Waals surface area (Å²) in [5.74, 6) is -5.15. The first-order valence-corrected chi connectivity index (χ1v) is 13.9. The SMILES string of the molecule is Cc1nc(N)ccc1CNC(=O)[C@H](C)NC(=O)[C@H]1C[C@H](Cc2ccc(Br)c(Cl)c2)CN1.O=C(O)C(F)(F)F.O=C(O)C(F)(F)F. The number of carboxylic acids is 2. The van der Waals surface area contributed by atoms with Crippen LogP contribution < -0.4 is 21.7 Å². The molecule has 45 heavy (non-hydrogen) atoms. The van der Waals surface area contributed by atoms with E-state index in [0.29, 0.717) is 29.7 Å². The van der Waals surface area contributed by atoms with E-state index in [1.807, 2.05) is 31.2 Å². The normalized spacial score (nSPS) is 16.7. The van der Waals surface area contributed by atoms with Gasteiger partial charge < -0.3 is 31.9 Å². The van der Waals surface area contributed by atoms with Gasteiger partial charge in [-0.25, -0.2) is 14.6 Å². The van der Waals surface area contributed by atoms with E-state index in [-0.39, 0.29) is 17.9 Å². The van der Waals surface area contributed by atoms with Crippen molar-refractivity contribution in [3.05, 3.63) is 56.6 Å². The van der Waals surface area contributed by atoms with E-state index in [2.05, 4.69) is 36.9 Å². The summed E-state index contributed by atoms with van der Waals surface area (Å²) < 4.78 is 64.3. The number of aromatic nitrogens is 1. The fourth-order valence-electron chi connectivity index (χ4n) is 3.68. The lowest BCUT2D eigenvalue weighted by Gasteiger charge is -2.17. The van der Waals surface area contributed by atoms with Gasteiger partial charge in [0.15, 0.2) is 0 Å². The van der Waals surface area contributed by atoms with Crippen LogP contribution in [0, 0.1) is 12.8 Å². The third-order valence-electron chi connectivity index (χ3n) is 5.95. The lowest BCUT2D eigenvalue weighted by molar-refractivity contribution is -0.193. The second-order valence-electron chi connectivity index (χ2n) is 9.55. The highest BCUT2D eigenvalue weighted by atomic mass is 79.9. The zero-order valence-corrected chi connectivity index (χ0v) is 25.9. The first kappa shape index (κ1) is 39.4. The number of amides is 2. The minimum atomic E-state index is -5.08. The monoisotopic (exact) mass is 735 g/mol. The van der Waals surface area contributed by atoms with E-state index in [0.717, 1.165) is 34.3 Å². The van der Waals surface area contributed by atoms with Gasteiger partial charge >= 0.3 is 24.3 Å². The molecule has 1 aliphatic rings. The number of alkyl halides is 6. The van der Waals surface area contributed by atoms with Crippen molar-refractivity contribution in [3.63, 3.8) is 0 Å². The summed E-state index contributed by atoms with van der Waals surface area (Å²) in [6.07, 6.45) is -8.61. The number of hydrogen-bond acceptors (Lipinski definition) is 7. The van der Waals surface area contributed by atoms with Gasteiger partial charge in [0, 0.05) is 16.7 Å². The van der Waals surface area contributed by atoms with Crippen molar-refractivity contribution in [1.29, 1.82) is 0 Å². The molecule has 3 atom stereocenters. The molecular weight excluding hydrogens is 708 g/mol. The highest BCUT2D eigenvalue weighted by Crippen LogP contribution is 2.26. The van der Waals surface area contributed by atoms with Gasteiger partial charge in [-0.1, -0.05) is 23.7 Å². The predicted octanol–water partition coefficient (Wildman–Crippen LogP) is 4.00. The van der Waals surface area contributed by atoms with E-state index in [9.17, 15) is 35.9 Å². The van der Waals surface area contributed by atoms with Crippen LogP contribution in [0.15, 0.2) is 34.8 Å². The van der Waals surface area contributed by atoms with Gasteiger partial charge in [0.05, 0.1) is 11.1 Å². The lowest BCUT2D eigenvalue weighted by atomic mass is 9.96. The highest BCUT2D eigenvalue weighted by Gasteiger charge is 2.39. The minimum Gasteiger partial charge on any atom is -0.475 e. The molecule has 250 valence electrons. The zero-order valence-electron chi connectivity index (χ0n) is 23.5. The van der Waals surface area contributed by atoms with Crippen LogP contribution in [0.4, 0.5) is 32.2 Å². The third-order valence-corrected chi connectivity index (χ3v) is 7.19. The summed E-state index contributed by atoms with van der Waals surface area (Å²) in [5.41, 5.74) is 8.44. The largest absolute Gasteiger partial charge is 0.490 e.